The molecule has 1 amide bonds. The van der Waals surface area contributed by atoms with E-state index in [1.807, 2.05) is 0 Å². The van der Waals surface area contributed by atoms with Crippen LogP contribution in [0.5, 0.6) is 5.75 Å². The number of rotatable bonds is 8. The highest BCUT2D eigenvalue weighted by molar-refractivity contribution is 5.95. The molecule has 2 rings (SSSR count). The van der Waals surface area contributed by atoms with Gasteiger partial charge in [-0.25, -0.2) is 4.79 Å². The Morgan fingerprint density at radius 2 is 2.04 bits per heavy atom. The molecule has 126 valence electrons. The van der Waals surface area contributed by atoms with Crippen molar-refractivity contribution in [2.45, 2.75) is 32.1 Å². The van der Waals surface area contributed by atoms with Gasteiger partial charge in [0.05, 0.1) is 5.41 Å². The average Bonchev–Trinajstić information content (AvgIpc) is 3.01. The smallest absolute Gasteiger partial charge is 0.341 e. The molecular weight excluding hydrogens is 298 g/mol. The van der Waals surface area contributed by atoms with Gasteiger partial charge in [0, 0.05) is 25.5 Å². The van der Waals surface area contributed by atoms with E-state index in [1.54, 1.807) is 31.4 Å². The van der Waals surface area contributed by atoms with Crippen LogP contribution in [-0.2, 0) is 14.3 Å². The summed E-state index contributed by atoms with van der Waals surface area (Å²) in [4.78, 5) is 23.3. The fourth-order valence-corrected chi connectivity index (χ4v) is 3.01. The van der Waals surface area contributed by atoms with Crippen molar-refractivity contribution in [2.24, 2.45) is 5.41 Å². The standard InChI is InChI=1S/C17H23NO5/c1-22-10-9-17(7-2-3-8-17)16(21)18-13-5-4-6-14(11-13)23-12-15(19)20/h4-6,11H,2-3,7-10,12H2,1H3,(H,18,21)(H,19,20). The molecule has 0 unspecified atom stereocenters. The monoisotopic (exact) mass is 321 g/mol. The summed E-state index contributed by atoms with van der Waals surface area (Å²) in [7, 11) is 1.64. The zero-order valence-corrected chi connectivity index (χ0v) is 13.3. The number of hydrogen-bond acceptors (Lipinski definition) is 4. The van der Waals surface area contributed by atoms with Gasteiger partial charge >= 0.3 is 5.97 Å². The lowest BCUT2D eigenvalue weighted by Gasteiger charge is -2.27. The lowest BCUT2D eigenvalue weighted by atomic mass is 9.82. The molecule has 0 heterocycles. The van der Waals surface area contributed by atoms with Crippen LogP contribution in [0.15, 0.2) is 24.3 Å². The number of carbonyl (C=O) groups excluding carboxylic acids is 1. The van der Waals surface area contributed by atoms with Gasteiger partial charge in [0.2, 0.25) is 5.91 Å². The number of nitrogens with one attached hydrogen (secondary N) is 1. The Morgan fingerprint density at radius 1 is 1.30 bits per heavy atom. The predicted molar refractivity (Wildman–Crippen MR) is 85.6 cm³/mol. The number of aliphatic carboxylic acids is 1. The number of carboxylic acids is 1. The fraction of sp³-hybridized carbons (Fsp3) is 0.529. The Morgan fingerprint density at radius 3 is 2.70 bits per heavy atom. The van der Waals surface area contributed by atoms with Gasteiger partial charge in [0.1, 0.15) is 5.75 Å². The van der Waals surface area contributed by atoms with E-state index < -0.39 is 12.6 Å². The molecule has 0 saturated heterocycles. The van der Waals surface area contributed by atoms with Crippen LogP contribution in [0, 0.1) is 5.41 Å². The number of amides is 1. The topological polar surface area (TPSA) is 84.9 Å². The van der Waals surface area contributed by atoms with E-state index in [2.05, 4.69) is 5.32 Å². The molecule has 6 heteroatoms. The highest BCUT2D eigenvalue weighted by atomic mass is 16.5. The van der Waals surface area contributed by atoms with Gasteiger partial charge in [-0.1, -0.05) is 18.9 Å². The van der Waals surface area contributed by atoms with E-state index in [0.717, 1.165) is 25.7 Å². The van der Waals surface area contributed by atoms with Gasteiger partial charge in [-0.15, -0.1) is 0 Å². The van der Waals surface area contributed by atoms with Crippen molar-refractivity contribution >= 4 is 17.6 Å². The summed E-state index contributed by atoms with van der Waals surface area (Å²) >= 11 is 0. The van der Waals surface area contributed by atoms with Crippen LogP contribution >= 0.6 is 0 Å². The summed E-state index contributed by atoms with van der Waals surface area (Å²) in [6.45, 7) is 0.157. The molecule has 23 heavy (non-hydrogen) atoms. The number of carbonyl (C=O) groups is 2. The number of ether oxygens (including phenoxy) is 2. The van der Waals surface area contributed by atoms with Crippen molar-refractivity contribution < 1.29 is 24.2 Å². The molecule has 1 aliphatic carbocycles. The summed E-state index contributed by atoms with van der Waals surface area (Å²) < 4.78 is 10.3. The molecule has 1 aromatic rings. The first-order chi connectivity index (χ1) is 11.1. The fourth-order valence-electron chi connectivity index (χ4n) is 3.01. The third kappa shape index (κ3) is 4.69. The minimum atomic E-state index is -1.04. The van der Waals surface area contributed by atoms with Gasteiger partial charge in [0.25, 0.3) is 0 Å². The third-order valence-corrected chi connectivity index (χ3v) is 4.28. The zero-order chi connectivity index (χ0) is 16.7. The average molecular weight is 321 g/mol. The maximum Gasteiger partial charge on any atom is 0.341 e. The van der Waals surface area contributed by atoms with Gasteiger partial charge in [-0.2, -0.15) is 0 Å². The highest BCUT2D eigenvalue weighted by Gasteiger charge is 2.40. The lowest BCUT2D eigenvalue weighted by Crippen LogP contribution is -2.34. The van der Waals surface area contributed by atoms with Crippen LogP contribution < -0.4 is 10.1 Å². The summed E-state index contributed by atoms with van der Waals surface area (Å²) in [5, 5.41) is 11.6. The Labute approximate surface area is 135 Å². The zero-order valence-electron chi connectivity index (χ0n) is 13.3. The van der Waals surface area contributed by atoms with Crippen molar-refractivity contribution in [2.75, 3.05) is 25.6 Å². The van der Waals surface area contributed by atoms with Gasteiger partial charge in [-0.3, -0.25) is 4.79 Å². The minimum absolute atomic E-state index is 0.00225. The Kier molecular flexibility index (Phi) is 5.98. The first-order valence-corrected chi connectivity index (χ1v) is 7.81. The maximum atomic E-state index is 12.7. The van der Waals surface area contributed by atoms with Crippen molar-refractivity contribution in [3.05, 3.63) is 24.3 Å². The molecule has 1 fully saturated rings. The van der Waals surface area contributed by atoms with Crippen LogP contribution in [0.3, 0.4) is 0 Å². The number of carboxylic acid groups (broad SMARTS) is 1. The van der Waals surface area contributed by atoms with Crippen LogP contribution in [-0.4, -0.2) is 37.3 Å². The molecule has 0 bridgehead atoms. The molecule has 2 N–H and O–H groups in total. The second kappa shape index (κ2) is 7.97. The predicted octanol–water partition coefficient (Wildman–Crippen LogP) is 2.69. The van der Waals surface area contributed by atoms with Crippen molar-refractivity contribution in [1.29, 1.82) is 0 Å². The molecule has 0 aliphatic heterocycles. The third-order valence-electron chi connectivity index (χ3n) is 4.28. The molecular formula is C17H23NO5. The Balaban J connectivity index is 2.03. The van der Waals surface area contributed by atoms with Crippen molar-refractivity contribution in [3.8, 4) is 5.75 Å². The number of anilines is 1. The first kappa shape index (κ1) is 17.3. The van der Waals surface area contributed by atoms with Crippen LogP contribution in [0.4, 0.5) is 5.69 Å². The molecule has 0 atom stereocenters. The second-order valence-corrected chi connectivity index (χ2v) is 5.89. The molecule has 1 saturated carbocycles. The van der Waals surface area contributed by atoms with E-state index in [4.69, 9.17) is 14.6 Å². The van der Waals surface area contributed by atoms with E-state index in [0.29, 0.717) is 24.5 Å². The van der Waals surface area contributed by atoms with Gasteiger partial charge < -0.3 is 19.9 Å². The van der Waals surface area contributed by atoms with Crippen molar-refractivity contribution in [3.63, 3.8) is 0 Å². The normalized spacial score (nSPS) is 16.0. The van der Waals surface area contributed by atoms with E-state index in [1.165, 1.54) is 0 Å². The largest absolute Gasteiger partial charge is 0.482 e. The summed E-state index contributed by atoms with van der Waals surface area (Å²) in [5.41, 5.74) is 0.245. The molecule has 6 nitrogen and oxygen atoms in total. The lowest BCUT2D eigenvalue weighted by molar-refractivity contribution is -0.139. The first-order valence-electron chi connectivity index (χ1n) is 7.81. The molecule has 1 aromatic carbocycles. The Hall–Kier alpha value is -2.08. The molecule has 0 spiro atoms. The summed E-state index contributed by atoms with van der Waals surface area (Å²) in [5.74, 6) is -0.617. The van der Waals surface area contributed by atoms with E-state index >= 15 is 0 Å². The van der Waals surface area contributed by atoms with Crippen molar-refractivity contribution in [1.82, 2.24) is 0 Å². The maximum absolute atomic E-state index is 12.7. The van der Waals surface area contributed by atoms with E-state index in [-0.39, 0.29) is 11.3 Å². The Bertz CT molecular complexity index is 552. The molecule has 0 radical (unpaired) electrons. The minimum Gasteiger partial charge on any atom is -0.482 e. The van der Waals surface area contributed by atoms with Crippen LogP contribution in [0.2, 0.25) is 0 Å². The summed E-state index contributed by atoms with van der Waals surface area (Å²) in [6.07, 6.45) is 4.57. The number of hydrogen-bond donors (Lipinski definition) is 2. The molecule has 0 aromatic heterocycles. The second-order valence-electron chi connectivity index (χ2n) is 5.89. The highest BCUT2D eigenvalue weighted by Crippen LogP contribution is 2.42. The molecule has 1 aliphatic rings. The van der Waals surface area contributed by atoms with Gasteiger partial charge in [-0.05, 0) is 31.4 Å². The SMILES string of the molecule is COCCC1(C(=O)Nc2cccc(OCC(=O)O)c2)CCCC1. The van der Waals surface area contributed by atoms with Crippen LogP contribution in [0.25, 0.3) is 0 Å². The number of methoxy groups -OCH3 is 1. The van der Waals surface area contributed by atoms with Crippen LogP contribution in [0.1, 0.15) is 32.1 Å². The van der Waals surface area contributed by atoms with Gasteiger partial charge in [0.15, 0.2) is 6.61 Å². The quantitative estimate of drug-likeness (QED) is 0.769. The summed E-state index contributed by atoms with van der Waals surface area (Å²) in [6, 6.07) is 6.79. The number of benzene rings is 1. The van der Waals surface area contributed by atoms with E-state index in [9.17, 15) is 9.59 Å².